The van der Waals surface area contributed by atoms with E-state index in [2.05, 4.69) is 5.10 Å². The first kappa shape index (κ1) is 19.3. The molecule has 0 radical (unpaired) electrons. The highest BCUT2D eigenvalue weighted by atomic mass is 16.6. The molecule has 1 aliphatic rings. The Morgan fingerprint density at radius 1 is 1.36 bits per heavy atom. The molecule has 10 nitrogen and oxygen atoms in total. The van der Waals surface area contributed by atoms with Crippen molar-refractivity contribution in [3.05, 3.63) is 51.8 Å². The maximum atomic E-state index is 12.9. The second kappa shape index (κ2) is 8.07. The number of benzene rings is 1. The summed E-state index contributed by atoms with van der Waals surface area (Å²) < 4.78 is 6.96. The molecule has 0 unspecified atom stereocenters. The molecule has 28 heavy (non-hydrogen) atoms. The maximum absolute atomic E-state index is 12.9. The van der Waals surface area contributed by atoms with E-state index in [9.17, 15) is 19.7 Å². The van der Waals surface area contributed by atoms with Gasteiger partial charge in [0.05, 0.1) is 29.3 Å². The summed E-state index contributed by atoms with van der Waals surface area (Å²) in [6, 6.07) is 4.13. The van der Waals surface area contributed by atoms with Crippen LogP contribution in [0.15, 0.2) is 30.6 Å². The molecule has 148 valence electrons. The molecule has 1 N–H and O–H groups in total. The molecule has 1 aliphatic heterocycles. The summed E-state index contributed by atoms with van der Waals surface area (Å²) in [5.41, 5.74) is -0.141. The van der Waals surface area contributed by atoms with Crippen LogP contribution in [-0.2, 0) is 0 Å². The van der Waals surface area contributed by atoms with E-state index in [0.29, 0.717) is 38.3 Å². The average molecular weight is 388 g/mol. The van der Waals surface area contributed by atoms with E-state index >= 15 is 0 Å². The van der Waals surface area contributed by atoms with Gasteiger partial charge < -0.3 is 14.7 Å². The molecule has 1 aromatic carbocycles. The van der Waals surface area contributed by atoms with Crippen LogP contribution in [0, 0.1) is 10.1 Å². The number of amides is 1. The lowest BCUT2D eigenvalue weighted by Crippen LogP contribution is -2.39. The Kier molecular flexibility index (Phi) is 5.57. The number of nitro groups is 1. The first-order chi connectivity index (χ1) is 13.4. The van der Waals surface area contributed by atoms with Crippen LogP contribution in [0.3, 0.4) is 0 Å². The zero-order valence-corrected chi connectivity index (χ0v) is 15.3. The van der Waals surface area contributed by atoms with E-state index in [-0.39, 0.29) is 22.9 Å². The van der Waals surface area contributed by atoms with Crippen LogP contribution in [0.1, 0.15) is 46.5 Å². The Labute approximate surface area is 160 Å². The summed E-state index contributed by atoms with van der Waals surface area (Å²) in [5.74, 6) is -1.05. The number of nitro benzene ring substituents is 1. The predicted molar refractivity (Wildman–Crippen MR) is 97.6 cm³/mol. The predicted octanol–water partition coefficient (Wildman–Crippen LogP) is 2.37. The van der Waals surface area contributed by atoms with Crippen LogP contribution in [0.2, 0.25) is 0 Å². The van der Waals surface area contributed by atoms with Crippen molar-refractivity contribution in [2.45, 2.75) is 25.8 Å². The fourth-order valence-electron chi connectivity index (χ4n) is 3.25. The molecule has 0 aliphatic carbocycles. The summed E-state index contributed by atoms with van der Waals surface area (Å²) in [6.45, 7) is 2.96. The van der Waals surface area contributed by atoms with Crippen LogP contribution in [0.4, 0.5) is 5.69 Å². The fraction of sp³-hybridized carbons (Fsp3) is 0.389. The van der Waals surface area contributed by atoms with Crippen molar-refractivity contribution in [3.8, 4) is 5.75 Å². The van der Waals surface area contributed by atoms with Crippen molar-refractivity contribution in [3.63, 3.8) is 0 Å². The topological polar surface area (TPSA) is 128 Å². The molecule has 2 aromatic rings. The number of rotatable bonds is 6. The summed E-state index contributed by atoms with van der Waals surface area (Å²) in [5, 5.41) is 24.4. The minimum Gasteiger partial charge on any atom is -0.494 e. The third-order valence-electron chi connectivity index (χ3n) is 4.68. The highest BCUT2D eigenvalue weighted by Crippen LogP contribution is 2.28. The summed E-state index contributed by atoms with van der Waals surface area (Å²) >= 11 is 0. The van der Waals surface area contributed by atoms with Crippen molar-refractivity contribution >= 4 is 17.6 Å². The van der Waals surface area contributed by atoms with Crippen LogP contribution in [-0.4, -0.2) is 56.3 Å². The molecule has 2 heterocycles. The molecule has 1 amide bonds. The van der Waals surface area contributed by atoms with Crippen LogP contribution in [0.25, 0.3) is 0 Å². The lowest BCUT2D eigenvalue weighted by molar-refractivity contribution is -0.385. The number of likely N-dealkylation sites (tertiary alicyclic amines) is 1. The molecular formula is C18H20N4O6. The Morgan fingerprint density at radius 3 is 2.64 bits per heavy atom. The number of hydrogen-bond acceptors (Lipinski definition) is 6. The Bertz CT molecular complexity index is 901. The van der Waals surface area contributed by atoms with Gasteiger partial charge in [-0.2, -0.15) is 5.10 Å². The van der Waals surface area contributed by atoms with Gasteiger partial charge in [0.1, 0.15) is 11.3 Å². The highest BCUT2D eigenvalue weighted by molar-refractivity contribution is 5.98. The van der Waals surface area contributed by atoms with E-state index in [0.717, 1.165) is 0 Å². The van der Waals surface area contributed by atoms with E-state index in [4.69, 9.17) is 9.84 Å². The number of carboxylic acids is 1. The molecule has 0 saturated carbocycles. The number of carbonyl (C=O) groups excluding carboxylic acids is 1. The number of aromatic carboxylic acids is 1. The highest BCUT2D eigenvalue weighted by Gasteiger charge is 2.29. The summed E-state index contributed by atoms with van der Waals surface area (Å²) in [7, 11) is 0. The van der Waals surface area contributed by atoms with Gasteiger partial charge in [0, 0.05) is 25.4 Å². The van der Waals surface area contributed by atoms with Gasteiger partial charge in [0.2, 0.25) is 0 Å². The smallest absolute Gasteiger partial charge is 0.338 e. The molecule has 0 bridgehead atoms. The van der Waals surface area contributed by atoms with Crippen molar-refractivity contribution in [2.24, 2.45) is 0 Å². The minimum atomic E-state index is -1.04. The number of carboxylic acid groups (broad SMARTS) is 1. The van der Waals surface area contributed by atoms with Gasteiger partial charge in [-0.15, -0.1) is 0 Å². The van der Waals surface area contributed by atoms with Gasteiger partial charge in [-0.3, -0.25) is 19.6 Å². The zero-order chi connectivity index (χ0) is 20.3. The Morgan fingerprint density at radius 2 is 2.07 bits per heavy atom. The van der Waals surface area contributed by atoms with E-state index < -0.39 is 16.8 Å². The monoisotopic (exact) mass is 388 g/mol. The minimum absolute atomic E-state index is 0.00153. The molecule has 3 rings (SSSR count). The molecule has 0 atom stereocenters. The largest absolute Gasteiger partial charge is 0.494 e. The van der Waals surface area contributed by atoms with Gasteiger partial charge >= 0.3 is 5.97 Å². The van der Waals surface area contributed by atoms with Gasteiger partial charge in [0.15, 0.2) is 0 Å². The quantitative estimate of drug-likeness (QED) is 0.594. The standard InChI is InChI=1S/C18H20N4O6/c1-2-28-14-3-4-16(22(26)27)15(9-14)17(23)20-7-5-13(6-8-20)21-11-12(10-19-21)18(24)25/h3-4,9-11,13H,2,5-8H2,1H3,(H,24,25). The number of piperidine rings is 1. The number of carbonyl (C=O) groups is 2. The molecule has 10 heteroatoms. The Balaban J connectivity index is 1.73. The van der Waals surface area contributed by atoms with Gasteiger partial charge in [-0.1, -0.05) is 0 Å². The number of ether oxygens (including phenoxy) is 1. The second-order valence-corrected chi connectivity index (χ2v) is 6.41. The third kappa shape index (κ3) is 3.95. The van der Waals surface area contributed by atoms with Crippen molar-refractivity contribution in [2.75, 3.05) is 19.7 Å². The molecule has 1 saturated heterocycles. The van der Waals surface area contributed by atoms with E-state index in [1.54, 1.807) is 16.5 Å². The van der Waals surface area contributed by atoms with Crippen LogP contribution < -0.4 is 4.74 Å². The van der Waals surface area contributed by atoms with Crippen LogP contribution in [0.5, 0.6) is 5.75 Å². The summed E-state index contributed by atoms with van der Waals surface area (Å²) in [4.78, 5) is 36.2. The normalized spacial score (nSPS) is 14.7. The first-order valence-electron chi connectivity index (χ1n) is 8.88. The van der Waals surface area contributed by atoms with Gasteiger partial charge in [0.25, 0.3) is 11.6 Å². The molecular weight excluding hydrogens is 368 g/mol. The van der Waals surface area contributed by atoms with Crippen LogP contribution >= 0.6 is 0 Å². The maximum Gasteiger partial charge on any atom is 0.338 e. The van der Waals surface area contributed by atoms with E-state index in [1.807, 2.05) is 0 Å². The Hall–Kier alpha value is -3.43. The SMILES string of the molecule is CCOc1ccc([N+](=O)[O-])c(C(=O)N2CCC(n3cc(C(=O)O)cn3)CC2)c1. The fourth-order valence-corrected chi connectivity index (χ4v) is 3.25. The van der Waals surface area contributed by atoms with Crippen molar-refractivity contribution < 1.29 is 24.4 Å². The van der Waals surface area contributed by atoms with Gasteiger partial charge in [-0.05, 0) is 31.9 Å². The van der Waals surface area contributed by atoms with Gasteiger partial charge in [-0.25, -0.2) is 4.79 Å². The first-order valence-corrected chi connectivity index (χ1v) is 8.88. The van der Waals surface area contributed by atoms with Crippen molar-refractivity contribution in [1.82, 2.24) is 14.7 Å². The number of hydrogen-bond donors (Lipinski definition) is 1. The molecule has 1 fully saturated rings. The van der Waals surface area contributed by atoms with Crippen molar-refractivity contribution in [1.29, 1.82) is 0 Å². The lowest BCUT2D eigenvalue weighted by atomic mass is 10.0. The van der Waals surface area contributed by atoms with E-state index in [1.165, 1.54) is 30.6 Å². The number of nitrogens with zero attached hydrogens (tertiary/aromatic N) is 4. The average Bonchev–Trinajstić information content (AvgIpc) is 3.18. The molecule has 1 aromatic heterocycles. The molecule has 0 spiro atoms. The lowest BCUT2D eigenvalue weighted by Gasteiger charge is -2.32. The summed E-state index contributed by atoms with van der Waals surface area (Å²) in [6.07, 6.45) is 3.92. The third-order valence-corrected chi connectivity index (χ3v) is 4.68. The number of aromatic nitrogens is 2. The second-order valence-electron chi connectivity index (χ2n) is 6.41. The zero-order valence-electron chi connectivity index (χ0n) is 15.3.